The van der Waals surface area contributed by atoms with Gasteiger partial charge in [-0.1, -0.05) is 60.1 Å². The second-order valence-corrected chi connectivity index (χ2v) is 17.2. The number of fused-ring (bicyclic) bond motifs is 7. The molecule has 5 aliphatic carbocycles. The molecule has 236 valence electrons. The molecule has 0 radical (unpaired) electrons. The summed E-state index contributed by atoms with van der Waals surface area (Å²) in [6, 6.07) is 0. The number of esters is 1. The van der Waals surface area contributed by atoms with Gasteiger partial charge < -0.3 is 24.8 Å². The highest BCUT2D eigenvalue weighted by Gasteiger charge is 2.69. The molecule has 0 bridgehead atoms. The molecular weight excluding hydrogens is 532 g/mol. The van der Waals surface area contributed by atoms with Crippen molar-refractivity contribution in [2.75, 3.05) is 6.61 Å². The summed E-state index contributed by atoms with van der Waals surface area (Å²) in [5.41, 5.74) is 0.643. The van der Waals surface area contributed by atoms with Gasteiger partial charge in [-0.25, -0.2) is 0 Å². The van der Waals surface area contributed by atoms with Gasteiger partial charge in [0, 0.05) is 11.8 Å². The van der Waals surface area contributed by atoms with Gasteiger partial charge in [-0.2, -0.15) is 0 Å². The number of carbonyl (C=O) groups excluding carboxylic acids is 2. The number of hydrogen-bond donors (Lipinski definition) is 3. The second-order valence-electron chi connectivity index (χ2n) is 17.2. The molecule has 1 saturated heterocycles. The smallest absolute Gasteiger partial charge is 0.315 e. The number of aliphatic hydroxyl groups excluding tert-OH is 3. The lowest BCUT2D eigenvalue weighted by molar-refractivity contribution is -0.270. The van der Waals surface area contributed by atoms with E-state index in [0.29, 0.717) is 24.0 Å². The van der Waals surface area contributed by atoms with Gasteiger partial charge in [0.15, 0.2) is 0 Å². The van der Waals surface area contributed by atoms with Gasteiger partial charge in [-0.15, -0.1) is 0 Å². The Hall–Kier alpha value is -1.28. The van der Waals surface area contributed by atoms with Gasteiger partial charge in [0.05, 0.1) is 12.0 Å². The molecule has 7 nitrogen and oxygen atoms in total. The van der Waals surface area contributed by atoms with Crippen LogP contribution in [0.5, 0.6) is 0 Å². The molecule has 0 amide bonds. The highest BCUT2D eigenvalue weighted by atomic mass is 16.7. The van der Waals surface area contributed by atoms with Crippen LogP contribution in [-0.2, 0) is 19.1 Å². The van der Waals surface area contributed by atoms with Gasteiger partial charge >= 0.3 is 5.97 Å². The summed E-state index contributed by atoms with van der Waals surface area (Å²) in [5.74, 6) is 1.00. The Bertz CT molecular complexity index is 1170. The standard InChI is InChI=1S/C35H54O7/c1-30(2)14-16-35(29(40)42-28-27(39)26(38)22(36)19-41-28)17-15-33(6)20(21(35)18-30)8-9-24-32(5)12-11-25(37)31(3,4)23(32)10-13-34(24,33)7/h8,21-24,26-28,36,38-39H,9-19H2,1-7H3/t21-,22+,23-,24+,26+,27-,28-,32-,33+,34+,35-/m0/s1. The lowest BCUT2D eigenvalue weighted by Crippen LogP contribution is -2.65. The molecule has 3 N–H and O–H groups in total. The first-order chi connectivity index (χ1) is 19.4. The molecule has 11 atom stereocenters. The number of rotatable bonds is 2. The number of ether oxygens (including phenoxy) is 2. The highest BCUT2D eigenvalue weighted by Crippen LogP contribution is 2.75. The van der Waals surface area contributed by atoms with Crippen molar-refractivity contribution in [2.45, 2.75) is 137 Å². The van der Waals surface area contributed by atoms with E-state index in [-0.39, 0.29) is 45.6 Å². The third-order valence-corrected chi connectivity index (χ3v) is 14.5. The molecule has 5 fully saturated rings. The van der Waals surface area contributed by atoms with Gasteiger partial charge in [0.1, 0.15) is 24.1 Å². The summed E-state index contributed by atoms with van der Waals surface area (Å²) in [5, 5.41) is 30.7. The molecule has 4 saturated carbocycles. The molecule has 0 unspecified atom stereocenters. The Morgan fingerprint density at radius 2 is 1.60 bits per heavy atom. The third kappa shape index (κ3) is 4.04. The summed E-state index contributed by atoms with van der Waals surface area (Å²) in [4.78, 5) is 27.3. The fourth-order valence-corrected chi connectivity index (χ4v) is 11.5. The zero-order valence-corrected chi connectivity index (χ0v) is 26.9. The Morgan fingerprint density at radius 3 is 2.31 bits per heavy atom. The topological polar surface area (TPSA) is 113 Å². The maximum Gasteiger partial charge on any atom is 0.315 e. The Morgan fingerprint density at radius 1 is 0.905 bits per heavy atom. The van der Waals surface area contributed by atoms with Crippen LogP contribution < -0.4 is 0 Å². The molecule has 7 heteroatoms. The fourth-order valence-electron chi connectivity index (χ4n) is 11.5. The van der Waals surface area contributed by atoms with E-state index < -0.39 is 30.0 Å². The summed E-state index contributed by atoms with van der Waals surface area (Å²) in [6.07, 6.45) is 6.05. The summed E-state index contributed by atoms with van der Waals surface area (Å²) < 4.78 is 11.4. The Balaban J connectivity index is 1.36. The van der Waals surface area contributed by atoms with E-state index >= 15 is 0 Å². The molecule has 1 heterocycles. The minimum Gasteiger partial charge on any atom is -0.432 e. The van der Waals surface area contributed by atoms with Crippen LogP contribution in [0, 0.1) is 50.2 Å². The number of carbonyl (C=O) groups is 2. The average molecular weight is 587 g/mol. The van der Waals surface area contributed by atoms with Crippen LogP contribution in [0.15, 0.2) is 11.6 Å². The van der Waals surface area contributed by atoms with Crippen LogP contribution in [0.25, 0.3) is 0 Å². The lowest BCUT2D eigenvalue weighted by atomic mass is 9.33. The van der Waals surface area contributed by atoms with E-state index in [4.69, 9.17) is 9.47 Å². The first kappa shape index (κ1) is 30.7. The van der Waals surface area contributed by atoms with E-state index in [9.17, 15) is 24.9 Å². The molecule has 0 aromatic rings. The van der Waals surface area contributed by atoms with Crippen molar-refractivity contribution in [3.8, 4) is 0 Å². The fraction of sp³-hybridized carbons (Fsp3) is 0.886. The summed E-state index contributed by atoms with van der Waals surface area (Å²) in [6.45, 7) is 16.3. The van der Waals surface area contributed by atoms with Crippen molar-refractivity contribution in [2.24, 2.45) is 50.2 Å². The Kier molecular flexibility index (Phi) is 7.03. The summed E-state index contributed by atoms with van der Waals surface area (Å²) in [7, 11) is 0. The van der Waals surface area contributed by atoms with Crippen molar-refractivity contribution >= 4 is 11.8 Å². The lowest BCUT2D eigenvalue weighted by Gasteiger charge is -2.70. The second kappa shape index (κ2) is 9.61. The van der Waals surface area contributed by atoms with Gasteiger partial charge in [0.25, 0.3) is 0 Å². The Labute approximate surface area is 251 Å². The highest BCUT2D eigenvalue weighted by molar-refractivity contribution is 5.85. The molecule has 0 aromatic carbocycles. The summed E-state index contributed by atoms with van der Waals surface area (Å²) >= 11 is 0. The SMILES string of the molecule is CC1(C)CC[C@]2(C(=O)O[C@@H]3OC[C@@H](O)[C@@H](O)[C@@H]3O)CC[C@]3(C)C(=CC[C@@H]4[C@@]5(C)CCC(=O)C(C)(C)[C@@H]5CC[C@]43C)[C@@H]2C1. The maximum atomic E-state index is 14.2. The number of ketones is 1. The first-order valence-electron chi connectivity index (χ1n) is 16.5. The van der Waals surface area contributed by atoms with E-state index in [2.05, 4.69) is 54.5 Å². The number of allylic oxidation sites excluding steroid dienone is 2. The van der Waals surface area contributed by atoms with E-state index in [1.165, 1.54) is 5.57 Å². The van der Waals surface area contributed by atoms with Crippen LogP contribution in [0.4, 0.5) is 0 Å². The predicted octanol–water partition coefficient (Wildman–Crippen LogP) is 5.34. The van der Waals surface area contributed by atoms with Crippen molar-refractivity contribution < 1.29 is 34.4 Å². The van der Waals surface area contributed by atoms with E-state index in [0.717, 1.165) is 57.8 Å². The largest absolute Gasteiger partial charge is 0.432 e. The van der Waals surface area contributed by atoms with Crippen molar-refractivity contribution in [1.29, 1.82) is 0 Å². The molecule has 6 aliphatic rings. The van der Waals surface area contributed by atoms with Crippen LogP contribution in [0.2, 0.25) is 0 Å². The van der Waals surface area contributed by atoms with Gasteiger partial charge in [-0.3, -0.25) is 9.59 Å². The normalized spacial score (nSPS) is 51.2. The predicted molar refractivity (Wildman–Crippen MR) is 158 cm³/mol. The minimum atomic E-state index is -1.49. The number of Topliss-reactive ketones (excluding diaryl/α,β-unsaturated/α-hetero) is 1. The molecular formula is C35H54O7. The first-order valence-corrected chi connectivity index (χ1v) is 16.5. The molecule has 1 aliphatic heterocycles. The molecule has 6 rings (SSSR count). The molecule has 0 spiro atoms. The minimum absolute atomic E-state index is 0.0384. The van der Waals surface area contributed by atoms with Crippen molar-refractivity contribution in [1.82, 2.24) is 0 Å². The van der Waals surface area contributed by atoms with E-state index in [1.807, 2.05) is 0 Å². The number of hydrogen-bond acceptors (Lipinski definition) is 7. The van der Waals surface area contributed by atoms with Crippen molar-refractivity contribution in [3.63, 3.8) is 0 Å². The zero-order valence-electron chi connectivity index (χ0n) is 26.9. The number of aliphatic hydroxyl groups is 3. The zero-order chi connectivity index (χ0) is 30.7. The monoisotopic (exact) mass is 586 g/mol. The van der Waals surface area contributed by atoms with Crippen LogP contribution in [0.3, 0.4) is 0 Å². The molecule has 0 aromatic heterocycles. The molecule has 42 heavy (non-hydrogen) atoms. The third-order valence-electron chi connectivity index (χ3n) is 14.5. The quantitative estimate of drug-likeness (QED) is 0.296. The van der Waals surface area contributed by atoms with E-state index in [1.54, 1.807) is 0 Å². The van der Waals surface area contributed by atoms with Gasteiger partial charge in [0.2, 0.25) is 6.29 Å². The van der Waals surface area contributed by atoms with Crippen LogP contribution in [-0.4, -0.2) is 58.3 Å². The van der Waals surface area contributed by atoms with Crippen LogP contribution >= 0.6 is 0 Å². The van der Waals surface area contributed by atoms with Crippen molar-refractivity contribution in [3.05, 3.63) is 11.6 Å². The average Bonchev–Trinajstić information content (AvgIpc) is 2.91. The maximum absolute atomic E-state index is 14.2. The van der Waals surface area contributed by atoms with Gasteiger partial charge in [-0.05, 0) is 97.2 Å². The van der Waals surface area contributed by atoms with Crippen LogP contribution in [0.1, 0.15) is 113 Å².